The first-order valence-electron chi connectivity index (χ1n) is 13.3. The number of phenolic OH excluding ortho intramolecular Hbond substituents is 1. The number of hydrogen-bond acceptors (Lipinski definition) is 6. The van der Waals surface area contributed by atoms with Crippen molar-refractivity contribution in [2.24, 2.45) is 5.41 Å². The Bertz CT molecular complexity index is 1710. The van der Waals surface area contributed by atoms with Crippen molar-refractivity contribution in [3.05, 3.63) is 114 Å². The molecule has 9 heteroatoms. The summed E-state index contributed by atoms with van der Waals surface area (Å²) in [6.45, 7) is 0. The number of halogens is 1. The van der Waals surface area contributed by atoms with Gasteiger partial charge in [0.2, 0.25) is 5.91 Å². The zero-order valence-corrected chi connectivity index (χ0v) is 22.7. The average molecular weight is 573 g/mol. The molecule has 0 unspecified atom stereocenters. The van der Waals surface area contributed by atoms with Crippen molar-refractivity contribution in [1.29, 1.82) is 0 Å². The van der Waals surface area contributed by atoms with E-state index in [0.717, 1.165) is 5.56 Å². The van der Waals surface area contributed by atoms with Gasteiger partial charge in [0.05, 0.1) is 22.0 Å². The molecule has 41 heavy (non-hydrogen) atoms. The zero-order chi connectivity index (χ0) is 29.0. The molecule has 4 aromatic rings. The quantitative estimate of drug-likeness (QED) is 0.236. The predicted octanol–water partition coefficient (Wildman–Crippen LogP) is 5.64. The molecule has 1 heterocycles. The van der Waals surface area contributed by atoms with E-state index in [1.165, 1.54) is 48.5 Å². The Morgan fingerprint density at radius 1 is 0.829 bits per heavy atom. The fraction of sp³-hybridized carbons (Fsp3) is 0.219. The largest absolute Gasteiger partial charge is 0.744 e. The van der Waals surface area contributed by atoms with Gasteiger partial charge in [-0.15, -0.1) is 0 Å². The number of aliphatic hydroxyl groups is 1. The summed E-state index contributed by atoms with van der Waals surface area (Å²) >= 11 is 0. The molecule has 6 rings (SSSR count). The molecule has 1 amide bonds. The second kappa shape index (κ2) is 9.80. The summed E-state index contributed by atoms with van der Waals surface area (Å²) in [6.07, 6.45) is 1.52. The molecule has 7 nitrogen and oxygen atoms in total. The number of phenols is 1. The van der Waals surface area contributed by atoms with Crippen molar-refractivity contribution in [2.45, 2.75) is 42.2 Å². The molecule has 1 saturated heterocycles. The fourth-order valence-electron chi connectivity index (χ4n) is 6.36. The highest BCUT2D eigenvalue weighted by Crippen LogP contribution is 2.62. The van der Waals surface area contributed by atoms with Gasteiger partial charge in [-0.25, -0.2) is 12.8 Å². The number of rotatable bonds is 5. The maximum atomic E-state index is 13.9. The first kappa shape index (κ1) is 27.1. The lowest BCUT2D eigenvalue weighted by atomic mass is 9.56. The van der Waals surface area contributed by atoms with Gasteiger partial charge in [0.25, 0.3) is 0 Å². The van der Waals surface area contributed by atoms with Crippen LogP contribution in [0.15, 0.2) is 102 Å². The van der Waals surface area contributed by atoms with Crippen LogP contribution in [-0.2, 0) is 20.5 Å². The predicted molar refractivity (Wildman–Crippen MR) is 149 cm³/mol. The second-order valence-electron chi connectivity index (χ2n) is 10.9. The van der Waals surface area contributed by atoms with Crippen molar-refractivity contribution < 1.29 is 32.4 Å². The minimum atomic E-state index is -4.58. The van der Waals surface area contributed by atoms with Crippen molar-refractivity contribution in [1.82, 2.24) is 0 Å². The van der Waals surface area contributed by atoms with E-state index >= 15 is 0 Å². The van der Waals surface area contributed by atoms with E-state index in [9.17, 15) is 32.4 Å². The molecule has 2 N–H and O–H groups in total. The third kappa shape index (κ3) is 4.60. The smallest absolute Gasteiger partial charge is 0.236 e. The van der Waals surface area contributed by atoms with Crippen molar-refractivity contribution in [2.75, 3.05) is 4.90 Å². The number of hydrogen-bond donors (Lipinski definition) is 2. The maximum absolute atomic E-state index is 13.9. The summed E-state index contributed by atoms with van der Waals surface area (Å²) in [7, 11) is -4.58. The maximum Gasteiger partial charge on any atom is 0.236 e. The molecule has 1 spiro atoms. The molecule has 1 aliphatic heterocycles. The standard InChI is InChI=1S/C32H28FNO6S/c33-24-9-11-25(12-10-24)34-29(31(30(34)36)16-18-32(37,19-17-31)23-4-2-1-3-5-23)27-15-8-22(20-28(27)35)21-6-13-26(14-7-21)41(38,39)40/h1-15,20,29,35,37H,16-19H2,(H,38,39,40)/p-1/t29-,31?,32?/m1/s1. The van der Waals surface area contributed by atoms with Crippen LogP contribution in [0.2, 0.25) is 0 Å². The third-order valence-electron chi connectivity index (χ3n) is 8.61. The Hall–Kier alpha value is -4.05. The number of β-lactam (4-membered cyclic amide) rings is 1. The molecule has 0 aromatic heterocycles. The molecule has 2 fully saturated rings. The van der Waals surface area contributed by atoms with Crippen LogP contribution in [0.1, 0.15) is 42.9 Å². The number of anilines is 1. The Morgan fingerprint density at radius 2 is 1.44 bits per heavy atom. The summed E-state index contributed by atoms with van der Waals surface area (Å²) in [5.74, 6) is -0.625. The van der Waals surface area contributed by atoms with Crippen LogP contribution in [0.5, 0.6) is 5.75 Å². The highest BCUT2D eigenvalue weighted by molar-refractivity contribution is 7.85. The summed E-state index contributed by atoms with van der Waals surface area (Å²) in [4.78, 5) is 15.1. The van der Waals surface area contributed by atoms with Crippen molar-refractivity contribution in [3.63, 3.8) is 0 Å². The highest BCUT2D eigenvalue weighted by Gasteiger charge is 2.64. The highest BCUT2D eigenvalue weighted by atomic mass is 32.2. The van der Waals surface area contributed by atoms with Crippen LogP contribution < -0.4 is 4.90 Å². The molecular weight excluding hydrogens is 545 g/mol. The van der Waals surface area contributed by atoms with E-state index in [2.05, 4.69) is 0 Å². The van der Waals surface area contributed by atoms with Gasteiger partial charge in [-0.3, -0.25) is 4.79 Å². The van der Waals surface area contributed by atoms with Crippen LogP contribution in [0.3, 0.4) is 0 Å². The lowest BCUT2D eigenvalue weighted by Crippen LogP contribution is -2.65. The van der Waals surface area contributed by atoms with Crippen LogP contribution in [-0.4, -0.2) is 29.1 Å². The first-order chi connectivity index (χ1) is 19.5. The van der Waals surface area contributed by atoms with E-state index in [1.54, 1.807) is 23.1 Å². The number of benzene rings is 4. The zero-order valence-electron chi connectivity index (χ0n) is 21.9. The van der Waals surface area contributed by atoms with E-state index < -0.39 is 33.0 Å². The summed E-state index contributed by atoms with van der Waals surface area (Å²) < 4.78 is 47.6. The van der Waals surface area contributed by atoms with Crippen LogP contribution in [0, 0.1) is 11.2 Å². The monoisotopic (exact) mass is 572 g/mol. The molecular formula is C32H27FNO6S-. The SMILES string of the molecule is O=C1N(c2ccc(F)cc2)[C@H](c2ccc(-c3ccc(S(=O)(=O)[O-])cc3)cc2O)C12CCC(O)(c1ccccc1)CC2. The second-order valence-corrected chi connectivity index (χ2v) is 12.2. The van der Waals surface area contributed by atoms with Crippen LogP contribution in [0.4, 0.5) is 10.1 Å². The Morgan fingerprint density at radius 3 is 2.02 bits per heavy atom. The van der Waals surface area contributed by atoms with E-state index in [-0.39, 0.29) is 16.6 Å². The lowest BCUT2D eigenvalue weighted by molar-refractivity contribution is -0.149. The van der Waals surface area contributed by atoms with Gasteiger partial charge in [0.15, 0.2) is 0 Å². The van der Waals surface area contributed by atoms with Gasteiger partial charge in [-0.05, 0) is 84.8 Å². The molecule has 0 radical (unpaired) electrons. The van der Waals surface area contributed by atoms with Gasteiger partial charge in [-0.1, -0.05) is 54.6 Å². The molecule has 1 aliphatic carbocycles. The van der Waals surface area contributed by atoms with Gasteiger partial charge >= 0.3 is 0 Å². The van der Waals surface area contributed by atoms with Gasteiger partial charge in [0, 0.05) is 11.3 Å². The molecule has 2 aliphatic rings. The summed E-state index contributed by atoms with van der Waals surface area (Å²) in [6, 6.07) is 24.9. The minimum Gasteiger partial charge on any atom is -0.744 e. The minimum absolute atomic E-state index is 0.0593. The molecule has 4 aromatic carbocycles. The summed E-state index contributed by atoms with van der Waals surface area (Å²) in [5, 5.41) is 22.7. The lowest BCUT2D eigenvalue weighted by Gasteiger charge is -2.59. The topological polar surface area (TPSA) is 118 Å². The molecule has 210 valence electrons. The van der Waals surface area contributed by atoms with Crippen LogP contribution >= 0.6 is 0 Å². The number of amides is 1. The fourth-order valence-corrected chi connectivity index (χ4v) is 6.83. The number of carbonyl (C=O) groups excluding carboxylic acids is 1. The first-order valence-corrected chi connectivity index (χ1v) is 14.7. The number of aromatic hydroxyl groups is 1. The molecule has 1 saturated carbocycles. The van der Waals surface area contributed by atoms with Crippen LogP contribution in [0.25, 0.3) is 11.1 Å². The number of carbonyl (C=O) groups is 1. The Kier molecular flexibility index (Phi) is 6.48. The number of nitrogens with zero attached hydrogens (tertiary/aromatic N) is 1. The third-order valence-corrected chi connectivity index (χ3v) is 9.46. The Balaban J connectivity index is 1.36. The molecule has 1 atom stereocenters. The van der Waals surface area contributed by atoms with E-state index in [1.807, 2.05) is 30.3 Å². The summed E-state index contributed by atoms with van der Waals surface area (Å²) in [5.41, 5.74) is 1.09. The van der Waals surface area contributed by atoms with E-state index in [4.69, 9.17) is 0 Å². The van der Waals surface area contributed by atoms with E-state index in [0.29, 0.717) is 48.1 Å². The van der Waals surface area contributed by atoms with Gasteiger partial charge in [0.1, 0.15) is 21.7 Å². The van der Waals surface area contributed by atoms with Gasteiger partial charge in [-0.2, -0.15) is 0 Å². The van der Waals surface area contributed by atoms with Gasteiger partial charge < -0.3 is 19.7 Å². The Labute approximate surface area is 237 Å². The normalized spacial score (nSPS) is 24.3. The van der Waals surface area contributed by atoms with Crippen molar-refractivity contribution >= 4 is 21.7 Å². The molecule has 0 bridgehead atoms. The average Bonchev–Trinajstić information content (AvgIpc) is 2.97. The van der Waals surface area contributed by atoms with Crippen molar-refractivity contribution in [3.8, 4) is 16.9 Å².